The van der Waals surface area contributed by atoms with Gasteiger partial charge in [-0.05, 0) is 31.5 Å². The van der Waals surface area contributed by atoms with Crippen molar-refractivity contribution in [2.45, 2.75) is 26.4 Å². The number of hydrogen-bond donors (Lipinski definition) is 0. The minimum atomic E-state index is -0.477. The first-order valence-corrected chi connectivity index (χ1v) is 8.53. The van der Waals surface area contributed by atoms with Crippen LogP contribution in [0, 0.1) is 10.1 Å². The number of carbonyl (C=O) groups excluding carboxylic acids is 1. The Bertz CT molecular complexity index is 859. The second kappa shape index (κ2) is 7.39. The summed E-state index contributed by atoms with van der Waals surface area (Å²) in [6.07, 6.45) is 4.55. The van der Waals surface area contributed by atoms with Gasteiger partial charge in [-0.1, -0.05) is 31.2 Å². The summed E-state index contributed by atoms with van der Waals surface area (Å²) >= 11 is 0. The van der Waals surface area contributed by atoms with E-state index < -0.39 is 4.92 Å². The lowest BCUT2D eigenvalue weighted by Gasteiger charge is -2.35. The van der Waals surface area contributed by atoms with Crippen molar-refractivity contribution in [3.05, 3.63) is 69.8 Å². The maximum Gasteiger partial charge on any atom is 0.269 e. The quantitative estimate of drug-likeness (QED) is 0.602. The maximum absolute atomic E-state index is 13.1. The lowest BCUT2D eigenvalue weighted by atomic mass is 10.1. The number of amides is 1. The molecule has 0 aromatic heterocycles. The van der Waals surface area contributed by atoms with Crippen LogP contribution in [0.2, 0.25) is 0 Å². The van der Waals surface area contributed by atoms with Crippen molar-refractivity contribution >= 4 is 23.4 Å². The molecule has 1 aliphatic rings. The molecule has 0 radical (unpaired) electrons. The Hall–Kier alpha value is -3.15. The summed E-state index contributed by atoms with van der Waals surface area (Å²) in [6.45, 7) is 4.39. The molecule has 0 bridgehead atoms. The van der Waals surface area contributed by atoms with E-state index >= 15 is 0 Å². The zero-order valence-electron chi connectivity index (χ0n) is 14.7. The van der Waals surface area contributed by atoms with Gasteiger partial charge in [-0.25, -0.2) is 0 Å². The van der Waals surface area contributed by atoms with Gasteiger partial charge in [0.15, 0.2) is 5.75 Å². The van der Waals surface area contributed by atoms with Crippen LogP contribution in [-0.2, 0) is 0 Å². The number of nitro benzene ring substituents is 1. The van der Waals surface area contributed by atoms with E-state index in [9.17, 15) is 14.9 Å². The van der Waals surface area contributed by atoms with Crippen LogP contribution in [0.1, 0.15) is 36.2 Å². The smallest absolute Gasteiger partial charge is 0.269 e. The Morgan fingerprint density at radius 1 is 1.31 bits per heavy atom. The van der Waals surface area contributed by atoms with E-state index in [1.807, 2.05) is 44.2 Å². The molecule has 1 atom stereocenters. The van der Waals surface area contributed by atoms with Gasteiger partial charge in [0.05, 0.1) is 17.2 Å². The molecule has 0 fully saturated rings. The molecule has 2 aromatic rings. The van der Waals surface area contributed by atoms with Crippen molar-refractivity contribution in [1.82, 2.24) is 0 Å². The van der Waals surface area contributed by atoms with E-state index in [-0.39, 0.29) is 17.7 Å². The van der Waals surface area contributed by atoms with Crippen molar-refractivity contribution in [2.75, 3.05) is 11.4 Å². The van der Waals surface area contributed by atoms with Gasteiger partial charge < -0.3 is 9.64 Å². The molecule has 0 N–H and O–H groups in total. The standard InChI is InChI=1S/C20H20N2O4/c1-3-6-14-7-5-8-18-19(14)26-17(4-2)13-21(18)20(23)15-9-11-16(12-10-15)22(24)25/h3,5-12,17H,4,13H2,1-2H3/b6-3+. The van der Waals surface area contributed by atoms with Gasteiger partial charge in [-0.3, -0.25) is 14.9 Å². The number of nitrogens with zero attached hydrogens (tertiary/aromatic N) is 2. The number of hydrogen-bond acceptors (Lipinski definition) is 4. The Morgan fingerprint density at radius 3 is 2.65 bits per heavy atom. The summed E-state index contributed by atoms with van der Waals surface area (Å²) in [4.78, 5) is 25.1. The van der Waals surface area contributed by atoms with E-state index in [0.29, 0.717) is 23.5 Å². The van der Waals surface area contributed by atoms with Crippen LogP contribution in [-0.4, -0.2) is 23.5 Å². The predicted molar refractivity (Wildman–Crippen MR) is 101 cm³/mol. The number of non-ortho nitro benzene ring substituents is 1. The Labute approximate surface area is 151 Å². The molecule has 6 heteroatoms. The highest BCUT2D eigenvalue weighted by Crippen LogP contribution is 2.38. The molecule has 134 valence electrons. The molecular weight excluding hydrogens is 332 g/mol. The number of nitro groups is 1. The maximum atomic E-state index is 13.1. The Balaban J connectivity index is 2.00. The highest BCUT2D eigenvalue weighted by Gasteiger charge is 2.30. The van der Waals surface area contributed by atoms with E-state index in [2.05, 4.69) is 0 Å². The van der Waals surface area contributed by atoms with E-state index in [1.54, 1.807) is 4.90 Å². The van der Waals surface area contributed by atoms with Gasteiger partial charge in [-0.2, -0.15) is 0 Å². The van der Waals surface area contributed by atoms with Crippen molar-refractivity contribution in [3.63, 3.8) is 0 Å². The van der Waals surface area contributed by atoms with Crippen molar-refractivity contribution < 1.29 is 14.5 Å². The second-order valence-corrected chi connectivity index (χ2v) is 6.06. The van der Waals surface area contributed by atoms with E-state index in [0.717, 1.165) is 12.0 Å². The van der Waals surface area contributed by atoms with Gasteiger partial charge in [-0.15, -0.1) is 0 Å². The molecule has 0 aliphatic carbocycles. The summed E-state index contributed by atoms with van der Waals surface area (Å²) in [5, 5.41) is 10.8. The number of carbonyl (C=O) groups is 1. The molecule has 1 aliphatic heterocycles. The summed E-state index contributed by atoms with van der Waals surface area (Å²) in [6, 6.07) is 11.4. The molecule has 26 heavy (non-hydrogen) atoms. The predicted octanol–water partition coefficient (Wildman–Crippen LogP) is 4.45. The molecule has 1 amide bonds. The fourth-order valence-corrected chi connectivity index (χ4v) is 2.99. The molecule has 3 rings (SSSR count). The highest BCUT2D eigenvalue weighted by molar-refractivity contribution is 6.07. The van der Waals surface area contributed by atoms with E-state index in [1.165, 1.54) is 24.3 Å². The van der Waals surface area contributed by atoms with Crippen LogP contribution in [0.15, 0.2) is 48.5 Å². The van der Waals surface area contributed by atoms with Crippen LogP contribution in [0.25, 0.3) is 6.08 Å². The van der Waals surface area contributed by atoms with Gasteiger partial charge in [0, 0.05) is 23.3 Å². The molecule has 0 saturated heterocycles. The largest absolute Gasteiger partial charge is 0.486 e. The molecule has 1 heterocycles. The monoisotopic (exact) mass is 352 g/mol. The van der Waals surface area contributed by atoms with Crippen LogP contribution in [0.3, 0.4) is 0 Å². The summed E-state index contributed by atoms with van der Waals surface area (Å²) in [7, 11) is 0. The van der Waals surface area contributed by atoms with Gasteiger partial charge in [0.25, 0.3) is 11.6 Å². The number of allylic oxidation sites excluding steroid dienone is 1. The lowest BCUT2D eigenvalue weighted by molar-refractivity contribution is -0.384. The zero-order valence-corrected chi connectivity index (χ0v) is 14.7. The van der Waals surface area contributed by atoms with Gasteiger partial charge >= 0.3 is 0 Å². The van der Waals surface area contributed by atoms with Crippen LogP contribution in [0.5, 0.6) is 5.75 Å². The highest BCUT2D eigenvalue weighted by atomic mass is 16.6. The van der Waals surface area contributed by atoms with Crippen LogP contribution in [0.4, 0.5) is 11.4 Å². The Kier molecular flexibility index (Phi) is 5.02. The van der Waals surface area contributed by atoms with Crippen molar-refractivity contribution in [1.29, 1.82) is 0 Å². The third kappa shape index (κ3) is 3.31. The third-order valence-corrected chi connectivity index (χ3v) is 4.36. The average molecular weight is 352 g/mol. The fourth-order valence-electron chi connectivity index (χ4n) is 2.99. The number of rotatable bonds is 4. The molecule has 0 saturated carbocycles. The number of para-hydroxylation sites is 1. The first kappa shape index (κ1) is 17.7. The molecule has 6 nitrogen and oxygen atoms in total. The number of anilines is 1. The summed E-state index contributed by atoms with van der Waals surface area (Å²) < 4.78 is 6.10. The third-order valence-electron chi connectivity index (χ3n) is 4.36. The molecular formula is C20H20N2O4. The summed E-state index contributed by atoms with van der Waals surface area (Å²) in [5.74, 6) is 0.500. The first-order valence-electron chi connectivity index (χ1n) is 8.53. The summed E-state index contributed by atoms with van der Waals surface area (Å²) in [5.41, 5.74) is 2.01. The van der Waals surface area contributed by atoms with E-state index in [4.69, 9.17) is 4.74 Å². The molecule has 2 aromatic carbocycles. The van der Waals surface area contributed by atoms with Crippen molar-refractivity contribution in [2.24, 2.45) is 0 Å². The number of fused-ring (bicyclic) bond motifs is 1. The first-order chi connectivity index (χ1) is 12.5. The number of ether oxygens (including phenoxy) is 1. The zero-order chi connectivity index (χ0) is 18.7. The normalized spacial score (nSPS) is 16.2. The van der Waals surface area contributed by atoms with Gasteiger partial charge in [0.1, 0.15) is 6.10 Å². The van der Waals surface area contributed by atoms with Crippen molar-refractivity contribution in [3.8, 4) is 5.75 Å². The topological polar surface area (TPSA) is 72.7 Å². The fraction of sp³-hybridized carbons (Fsp3) is 0.250. The second-order valence-electron chi connectivity index (χ2n) is 6.06. The molecule has 0 spiro atoms. The minimum Gasteiger partial charge on any atom is -0.486 e. The molecule has 1 unspecified atom stereocenters. The lowest BCUT2D eigenvalue weighted by Crippen LogP contribution is -2.43. The Morgan fingerprint density at radius 2 is 2.04 bits per heavy atom. The van der Waals surface area contributed by atoms with Crippen LogP contribution < -0.4 is 9.64 Å². The number of benzene rings is 2. The SMILES string of the molecule is C/C=C/c1cccc2c1OC(CC)CN2C(=O)c1ccc([N+](=O)[O-])cc1. The average Bonchev–Trinajstić information content (AvgIpc) is 2.67. The van der Waals surface area contributed by atoms with Crippen LogP contribution >= 0.6 is 0 Å². The van der Waals surface area contributed by atoms with Gasteiger partial charge in [0.2, 0.25) is 0 Å². The minimum absolute atomic E-state index is 0.0364.